The van der Waals surface area contributed by atoms with E-state index in [2.05, 4.69) is 10.4 Å². The fourth-order valence-electron chi connectivity index (χ4n) is 2.55. The molecule has 0 aliphatic heterocycles. The SMILES string of the molecule is Cc1ccc(-n2ncc(C(=O)Nc3cccc(C(F)(F)F)c3)c2C)cc1. The van der Waals surface area contributed by atoms with E-state index < -0.39 is 17.6 Å². The lowest BCUT2D eigenvalue weighted by Gasteiger charge is -2.10. The van der Waals surface area contributed by atoms with Gasteiger partial charge in [-0.05, 0) is 44.2 Å². The van der Waals surface area contributed by atoms with Crippen LogP contribution in [0.5, 0.6) is 0 Å². The Labute approximate surface area is 148 Å². The molecule has 1 N–H and O–H groups in total. The fourth-order valence-corrected chi connectivity index (χ4v) is 2.55. The summed E-state index contributed by atoms with van der Waals surface area (Å²) in [4.78, 5) is 12.4. The Balaban J connectivity index is 1.84. The minimum atomic E-state index is -4.47. The molecule has 1 heterocycles. The summed E-state index contributed by atoms with van der Waals surface area (Å²) >= 11 is 0. The lowest BCUT2D eigenvalue weighted by Crippen LogP contribution is -2.14. The van der Waals surface area contributed by atoms with Crippen molar-refractivity contribution in [2.45, 2.75) is 20.0 Å². The number of aryl methyl sites for hydroxylation is 1. The van der Waals surface area contributed by atoms with Gasteiger partial charge in [-0.15, -0.1) is 0 Å². The maximum Gasteiger partial charge on any atom is 0.416 e. The van der Waals surface area contributed by atoms with Crippen molar-refractivity contribution in [2.75, 3.05) is 5.32 Å². The standard InChI is InChI=1S/C19H16F3N3O/c1-12-6-8-16(9-7-12)25-13(2)17(11-23-25)18(26)24-15-5-3-4-14(10-15)19(20,21)22/h3-11H,1-2H3,(H,24,26). The molecule has 0 radical (unpaired) electrons. The highest BCUT2D eigenvalue weighted by Gasteiger charge is 2.30. The van der Waals surface area contributed by atoms with Crippen molar-refractivity contribution in [3.63, 3.8) is 0 Å². The van der Waals surface area contributed by atoms with Crippen molar-refractivity contribution in [3.8, 4) is 5.69 Å². The average Bonchev–Trinajstić information content (AvgIpc) is 2.97. The Bertz CT molecular complexity index is 943. The molecule has 0 aliphatic carbocycles. The van der Waals surface area contributed by atoms with Gasteiger partial charge in [-0.1, -0.05) is 23.8 Å². The van der Waals surface area contributed by atoms with E-state index in [9.17, 15) is 18.0 Å². The number of hydrogen-bond acceptors (Lipinski definition) is 2. The number of alkyl halides is 3. The van der Waals surface area contributed by atoms with Gasteiger partial charge >= 0.3 is 6.18 Å². The quantitative estimate of drug-likeness (QED) is 0.733. The molecule has 0 unspecified atom stereocenters. The first kappa shape index (κ1) is 17.7. The maximum absolute atomic E-state index is 12.8. The van der Waals surface area contributed by atoms with Crippen molar-refractivity contribution >= 4 is 11.6 Å². The van der Waals surface area contributed by atoms with Crippen molar-refractivity contribution in [3.05, 3.63) is 77.1 Å². The summed E-state index contributed by atoms with van der Waals surface area (Å²) in [5.74, 6) is -0.514. The minimum Gasteiger partial charge on any atom is -0.322 e. The zero-order chi connectivity index (χ0) is 18.9. The van der Waals surface area contributed by atoms with Gasteiger partial charge in [-0.25, -0.2) is 4.68 Å². The number of nitrogens with zero attached hydrogens (tertiary/aromatic N) is 2. The molecule has 7 heteroatoms. The Morgan fingerprint density at radius 3 is 2.42 bits per heavy atom. The third-order valence-electron chi connectivity index (χ3n) is 3.98. The van der Waals surface area contributed by atoms with Crippen LogP contribution in [0.4, 0.5) is 18.9 Å². The lowest BCUT2D eigenvalue weighted by molar-refractivity contribution is -0.137. The molecule has 3 rings (SSSR count). The van der Waals surface area contributed by atoms with Crippen LogP contribution in [0.1, 0.15) is 27.2 Å². The number of hydrogen-bond donors (Lipinski definition) is 1. The normalized spacial score (nSPS) is 11.4. The molecule has 0 saturated carbocycles. The highest BCUT2D eigenvalue weighted by Crippen LogP contribution is 2.30. The predicted molar refractivity (Wildman–Crippen MR) is 92.4 cm³/mol. The van der Waals surface area contributed by atoms with Crippen LogP contribution in [0.3, 0.4) is 0 Å². The highest BCUT2D eigenvalue weighted by molar-refractivity contribution is 6.05. The van der Waals surface area contributed by atoms with E-state index in [-0.39, 0.29) is 5.69 Å². The zero-order valence-corrected chi connectivity index (χ0v) is 14.1. The summed E-state index contributed by atoms with van der Waals surface area (Å²) in [6, 6.07) is 12.1. The number of aromatic nitrogens is 2. The molecule has 0 bridgehead atoms. The zero-order valence-electron chi connectivity index (χ0n) is 14.1. The van der Waals surface area contributed by atoms with Gasteiger partial charge in [-0.2, -0.15) is 18.3 Å². The molecule has 0 spiro atoms. The molecule has 0 atom stereocenters. The van der Waals surface area contributed by atoms with E-state index in [0.29, 0.717) is 11.3 Å². The fraction of sp³-hybridized carbons (Fsp3) is 0.158. The third kappa shape index (κ3) is 3.61. The molecule has 26 heavy (non-hydrogen) atoms. The first-order valence-electron chi connectivity index (χ1n) is 7.86. The molecular formula is C19H16F3N3O. The van der Waals surface area contributed by atoms with Crippen LogP contribution in [0.15, 0.2) is 54.7 Å². The predicted octanol–water partition coefficient (Wildman–Crippen LogP) is 4.76. The average molecular weight is 359 g/mol. The largest absolute Gasteiger partial charge is 0.416 e. The van der Waals surface area contributed by atoms with Crippen LogP contribution in [-0.2, 0) is 6.18 Å². The minimum absolute atomic E-state index is 0.0762. The van der Waals surface area contributed by atoms with Crippen LogP contribution >= 0.6 is 0 Å². The topological polar surface area (TPSA) is 46.9 Å². The second-order valence-corrected chi connectivity index (χ2v) is 5.92. The molecule has 1 aromatic heterocycles. The van der Waals surface area contributed by atoms with Crippen LogP contribution in [-0.4, -0.2) is 15.7 Å². The van der Waals surface area contributed by atoms with Crippen molar-refractivity contribution in [1.82, 2.24) is 9.78 Å². The van der Waals surface area contributed by atoms with E-state index >= 15 is 0 Å². The highest BCUT2D eigenvalue weighted by atomic mass is 19.4. The second-order valence-electron chi connectivity index (χ2n) is 5.92. The smallest absolute Gasteiger partial charge is 0.322 e. The molecule has 134 valence electrons. The van der Waals surface area contributed by atoms with Crippen molar-refractivity contribution in [1.29, 1.82) is 0 Å². The number of anilines is 1. The molecule has 4 nitrogen and oxygen atoms in total. The summed E-state index contributed by atoms with van der Waals surface area (Å²) < 4.78 is 40.0. The Morgan fingerprint density at radius 2 is 1.77 bits per heavy atom. The Hall–Kier alpha value is -3.09. The summed E-state index contributed by atoms with van der Waals surface area (Å²) in [6.07, 6.45) is -3.06. The van der Waals surface area contributed by atoms with Crippen molar-refractivity contribution < 1.29 is 18.0 Å². The van der Waals surface area contributed by atoms with Crippen LogP contribution in [0.25, 0.3) is 5.69 Å². The first-order chi connectivity index (χ1) is 12.3. The van der Waals surface area contributed by atoms with Gasteiger partial charge in [0, 0.05) is 5.69 Å². The second kappa shape index (κ2) is 6.67. The van der Waals surface area contributed by atoms with Gasteiger partial charge in [0.1, 0.15) is 0 Å². The molecule has 1 amide bonds. The Kier molecular flexibility index (Phi) is 4.54. The van der Waals surface area contributed by atoms with E-state index in [1.165, 1.54) is 18.3 Å². The van der Waals surface area contributed by atoms with Crippen molar-refractivity contribution in [2.24, 2.45) is 0 Å². The van der Waals surface area contributed by atoms with E-state index in [1.54, 1.807) is 11.6 Å². The van der Waals surface area contributed by atoms with E-state index in [0.717, 1.165) is 23.4 Å². The van der Waals surface area contributed by atoms with Gasteiger partial charge < -0.3 is 5.32 Å². The maximum atomic E-state index is 12.8. The number of halogens is 3. The molecule has 3 aromatic rings. The summed E-state index contributed by atoms with van der Waals surface area (Å²) in [5, 5.41) is 6.70. The van der Waals surface area contributed by atoms with Gasteiger partial charge in [0.15, 0.2) is 0 Å². The third-order valence-corrected chi connectivity index (χ3v) is 3.98. The number of carbonyl (C=O) groups is 1. The summed E-state index contributed by atoms with van der Waals surface area (Å²) in [5.41, 5.74) is 2.04. The lowest BCUT2D eigenvalue weighted by atomic mass is 10.1. The molecule has 0 aliphatic rings. The number of carbonyl (C=O) groups excluding carboxylic acids is 1. The number of amides is 1. The van der Waals surface area contributed by atoms with Gasteiger partial charge in [0.25, 0.3) is 5.91 Å². The first-order valence-corrected chi connectivity index (χ1v) is 7.86. The number of rotatable bonds is 3. The molecule has 0 saturated heterocycles. The number of nitrogens with one attached hydrogen (secondary N) is 1. The van der Waals surface area contributed by atoms with Crippen LogP contribution in [0, 0.1) is 13.8 Å². The molecule has 2 aromatic carbocycles. The summed E-state index contributed by atoms with van der Waals surface area (Å²) in [7, 11) is 0. The molecular weight excluding hydrogens is 343 g/mol. The monoisotopic (exact) mass is 359 g/mol. The Morgan fingerprint density at radius 1 is 1.08 bits per heavy atom. The number of benzene rings is 2. The summed E-state index contributed by atoms with van der Waals surface area (Å²) in [6.45, 7) is 3.70. The van der Waals surface area contributed by atoms with Gasteiger partial charge in [0.2, 0.25) is 0 Å². The van der Waals surface area contributed by atoms with Gasteiger partial charge in [-0.3, -0.25) is 4.79 Å². The van der Waals surface area contributed by atoms with E-state index in [1.807, 2.05) is 31.2 Å². The van der Waals surface area contributed by atoms with Gasteiger partial charge in [0.05, 0.1) is 28.7 Å². The molecule has 0 fully saturated rings. The van der Waals surface area contributed by atoms with E-state index in [4.69, 9.17) is 0 Å². The van der Waals surface area contributed by atoms with Crippen LogP contribution in [0.2, 0.25) is 0 Å². The van der Waals surface area contributed by atoms with Crippen LogP contribution < -0.4 is 5.32 Å².